The van der Waals surface area contributed by atoms with Gasteiger partial charge in [-0.1, -0.05) is 37.3 Å². The number of anilines is 1. The SMILES string of the molecule is C=CCNS(=O)(=O)c1cccc(C(=O)N2CCN(CC(=O)Nc3ccccc3CC)CC2)c1. The third kappa shape index (κ3) is 6.50. The fourth-order valence-corrected chi connectivity index (χ4v) is 4.73. The Morgan fingerprint density at radius 2 is 1.79 bits per heavy atom. The summed E-state index contributed by atoms with van der Waals surface area (Å²) in [6, 6.07) is 13.8. The molecule has 0 aromatic heterocycles. The number of carbonyl (C=O) groups excluding carboxylic acids is 2. The molecule has 9 heteroatoms. The van der Waals surface area contributed by atoms with Crippen LogP contribution in [0.3, 0.4) is 0 Å². The van der Waals surface area contributed by atoms with Crippen LogP contribution in [0, 0.1) is 0 Å². The summed E-state index contributed by atoms with van der Waals surface area (Å²) in [4.78, 5) is 29.2. The molecule has 2 aromatic carbocycles. The molecule has 0 atom stereocenters. The Morgan fingerprint density at radius 1 is 1.06 bits per heavy atom. The summed E-state index contributed by atoms with van der Waals surface area (Å²) in [5, 5.41) is 2.97. The average molecular weight is 471 g/mol. The van der Waals surface area contributed by atoms with Crippen LogP contribution >= 0.6 is 0 Å². The first kappa shape index (κ1) is 24.6. The number of benzene rings is 2. The summed E-state index contributed by atoms with van der Waals surface area (Å²) >= 11 is 0. The highest BCUT2D eigenvalue weighted by atomic mass is 32.2. The van der Waals surface area contributed by atoms with E-state index < -0.39 is 10.0 Å². The molecular weight excluding hydrogens is 440 g/mol. The second-order valence-electron chi connectivity index (χ2n) is 7.80. The summed E-state index contributed by atoms with van der Waals surface area (Å²) in [7, 11) is -3.71. The Kier molecular flexibility index (Phi) is 8.37. The molecule has 0 radical (unpaired) electrons. The van der Waals surface area contributed by atoms with E-state index in [9.17, 15) is 18.0 Å². The van der Waals surface area contributed by atoms with Crippen molar-refractivity contribution in [3.63, 3.8) is 0 Å². The van der Waals surface area contributed by atoms with E-state index in [1.807, 2.05) is 36.1 Å². The Morgan fingerprint density at radius 3 is 2.48 bits per heavy atom. The number of piperazine rings is 1. The molecule has 3 rings (SSSR count). The van der Waals surface area contributed by atoms with Crippen molar-refractivity contribution in [1.29, 1.82) is 0 Å². The van der Waals surface area contributed by atoms with Gasteiger partial charge < -0.3 is 10.2 Å². The summed E-state index contributed by atoms with van der Waals surface area (Å²) in [5.41, 5.74) is 2.24. The van der Waals surface area contributed by atoms with Gasteiger partial charge in [0, 0.05) is 44.0 Å². The van der Waals surface area contributed by atoms with Crippen molar-refractivity contribution in [1.82, 2.24) is 14.5 Å². The van der Waals surface area contributed by atoms with Crippen molar-refractivity contribution >= 4 is 27.5 Å². The highest BCUT2D eigenvalue weighted by Crippen LogP contribution is 2.17. The molecule has 0 saturated carbocycles. The summed E-state index contributed by atoms with van der Waals surface area (Å²) in [6.45, 7) is 7.96. The maximum atomic E-state index is 12.9. The van der Waals surface area contributed by atoms with Crippen molar-refractivity contribution in [3.8, 4) is 0 Å². The quantitative estimate of drug-likeness (QED) is 0.547. The molecule has 2 amide bonds. The molecule has 1 saturated heterocycles. The van der Waals surface area contributed by atoms with Crippen molar-refractivity contribution in [2.45, 2.75) is 18.2 Å². The second kappa shape index (κ2) is 11.2. The van der Waals surface area contributed by atoms with Gasteiger partial charge in [-0.15, -0.1) is 6.58 Å². The minimum Gasteiger partial charge on any atom is -0.336 e. The maximum absolute atomic E-state index is 12.9. The fraction of sp³-hybridized carbons (Fsp3) is 0.333. The van der Waals surface area contributed by atoms with Crippen molar-refractivity contribution in [2.75, 3.05) is 44.6 Å². The Labute approximate surface area is 195 Å². The zero-order valence-electron chi connectivity index (χ0n) is 18.8. The van der Waals surface area contributed by atoms with Crippen LogP contribution in [0.5, 0.6) is 0 Å². The molecule has 2 N–H and O–H groups in total. The number of carbonyl (C=O) groups is 2. The number of amides is 2. The molecule has 1 fully saturated rings. The van der Waals surface area contributed by atoms with Crippen molar-refractivity contribution in [2.24, 2.45) is 0 Å². The van der Waals surface area contributed by atoms with Crippen LogP contribution in [0.15, 0.2) is 66.1 Å². The number of aryl methyl sites for hydroxylation is 1. The topological polar surface area (TPSA) is 98.8 Å². The number of sulfonamides is 1. The normalized spacial score (nSPS) is 14.6. The number of para-hydroxylation sites is 1. The highest BCUT2D eigenvalue weighted by molar-refractivity contribution is 7.89. The van der Waals surface area contributed by atoms with Crippen LogP contribution in [0.4, 0.5) is 5.69 Å². The van der Waals surface area contributed by atoms with E-state index in [0.717, 1.165) is 17.7 Å². The van der Waals surface area contributed by atoms with Crippen LogP contribution in [-0.4, -0.2) is 69.3 Å². The van der Waals surface area contributed by atoms with Crippen molar-refractivity contribution in [3.05, 3.63) is 72.3 Å². The molecule has 2 aromatic rings. The monoisotopic (exact) mass is 470 g/mol. The van der Waals surface area contributed by atoms with Gasteiger partial charge in [0.15, 0.2) is 0 Å². The number of hydrogen-bond donors (Lipinski definition) is 2. The molecule has 176 valence electrons. The maximum Gasteiger partial charge on any atom is 0.253 e. The molecular formula is C24H30N4O4S. The molecule has 33 heavy (non-hydrogen) atoms. The van der Waals surface area contributed by atoms with Crippen LogP contribution in [-0.2, 0) is 21.2 Å². The van der Waals surface area contributed by atoms with Gasteiger partial charge in [-0.25, -0.2) is 13.1 Å². The van der Waals surface area contributed by atoms with Gasteiger partial charge in [0.05, 0.1) is 11.4 Å². The first-order valence-electron chi connectivity index (χ1n) is 10.9. The zero-order valence-corrected chi connectivity index (χ0v) is 19.6. The van der Waals surface area contributed by atoms with Gasteiger partial charge in [0.1, 0.15) is 0 Å². The van der Waals surface area contributed by atoms with Gasteiger partial charge in [0.2, 0.25) is 15.9 Å². The first-order chi connectivity index (χ1) is 15.8. The lowest BCUT2D eigenvalue weighted by Crippen LogP contribution is -2.50. The number of hydrogen-bond acceptors (Lipinski definition) is 5. The van der Waals surface area contributed by atoms with E-state index in [0.29, 0.717) is 31.7 Å². The van der Waals surface area contributed by atoms with Crippen LogP contribution in [0.1, 0.15) is 22.8 Å². The largest absolute Gasteiger partial charge is 0.336 e. The molecule has 0 unspecified atom stereocenters. The third-order valence-electron chi connectivity index (χ3n) is 5.51. The summed E-state index contributed by atoms with van der Waals surface area (Å²) in [5.74, 6) is -0.308. The lowest BCUT2D eigenvalue weighted by molar-refractivity contribution is -0.117. The standard InChI is InChI=1S/C24H30N4O4S/c1-3-12-25-33(31,32)21-10-7-9-20(17-21)24(30)28-15-13-27(14-16-28)18-23(29)26-22-11-6-5-8-19(22)4-2/h3,5-11,17,25H,1,4,12-16,18H2,2H3,(H,26,29). The van der Waals surface area contributed by atoms with E-state index in [2.05, 4.69) is 16.6 Å². The van der Waals surface area contributed by atoms with E-state index in [1.165, 1.54) is 18.2 Å². The van der Waals surface area contributed by atoms with Gasteiger partial charge >= 0.3 is 0 Å². The van der Waals surface area contributed by atoms with E-state index in [4.69, 9.17) is 0 Å². The molecule has 0 bridgehead atoms. The second-order valence-corrected chi connectivity index (χ2v) is 9.56. The minimum atomic E-state index is -3.71. The van der Waals surface area contributed by atoms with Crippen molar-refractivity contribution < 1.29 is 18.0 Å². The van der Waals surface area contributed by atoms with Gasteiger partial charge in [-0.2, -0.15) is 0 Å². The molecule has 1 heterocycles. The minimum absolute atomic E-state index is 0.0397. The predicted molar refractivity (Wildman–Crippen MR) is 129 cm³/mol. The first-order valence-corrected chi connectivity index (χ1v) is 12.4. The number of nitrogens with zero attached hydrogens (tertiary/aromatic N) is 2. The van der Waals surface area contributed by atoms with Crippen LogP contribution in [0.25, 0.3) is 0 Å². The summed E-state index contributed by atoms with van der Waals surface area (Å²) in [6.07, 6.45) is 2.29. The van der Waals surface area contributed by atoms with Gasteiger partial charge in [-0.3, -0.25) is 14.5 Å². The van der Waals surface area contributed by atoms with E-state index in [-0.39, 0.29) is 29.8 Å². The fourth-order valence-electron chi connectivity index (χ4n) is 3.68. The molecule has 8 nitrogen and oxygen atoms in total. The van der Waals surface area contributed by atoms with E-state index in [1.54, 1.807) is 17.0 Å². The predicted octanol–water partition coefficient (Wildman–Crippen LogP) is 2.11. The molecule has 0 aliphatic carbocycles. The van der Waals surface area contributed by atoms with E-state index >= 15 is 0 Å². The molecule has 0 spiro atoms. The Hall–Kier alpha value is -3.01. The molecule has 1 aliphatic rings. The third-order valence-corrected chi connectivity index (χ3v) is 6.93. The smallest absolute Gasteiger partial charge is 0.253 e. The summed E-state index contributed by atoms with van der Waals surface area (Å²) < 4.78 is 27.1. The molecule has 1 aliphatic heterocycles. The number of nitrogens with one attached hydrogen (secondary N) is 2. The lowest BCUT2D eigenvalue weighted by Gasteiger charge is -2.34. The Balaban J connectivity index is 1.55. The van der Waals surface area contributed by atoms with Gasteiger partial charge in [0.25, 0.3) is 5.91 Å². The van der Waals surface area contributed by atoms with Crippen LogP contribution < -0.4 is 10.0 Å². The Bertz CT molecular complexity index is 1110. The lowest BCUT2D eigenvalue weighted by atomic mass is 10.1. The van der Waals surface area contributed by atoms with Crippen LogP contribution in [0.2, 0.25) is 0 Å². The number of rotatable bonds is 9. The van der Waals surface area contributed by atoms with Gasteiger partial charge in [-0.05, 0) is 36.2 Å². The highest BCUT2D eigenvalue weighted by Gasteiger charge is 2.24. The average Bonchev–Trinajstić information content (AvgIpc) is 2.83. The zero-order chi connectivity index (χ0) is 23.8.